The highest BCUT2D eigenvalue weighted by molar-refractivity contribution is 7.87. The Bertz CT molecular complexity index is 392. The van der Waals surface area contributed by atoms with Crippen LogP contribution >= 0.6 is 0 Å². The third-order valence-corrected chi connectivity index (χ3v) is 5.34. The lowest BCUT2D eigenvalue weighted by atomic mass is 10.0. The second-order valence-electron chi connectivity index (χ2n) is 5.24. The topological polar surface area (TPSA) is 78.5 Å². The van der Waals surface area contributed by atoms with Crippen LogP contribution in [-0.2, 0) is 15.0 Å². The molecule has 1 atom stereocenters. The molecule has 18 heavy (non-hydrogen) atoms. The number of carbonyl (C=O) groups excluding carboxylic acids is 1. The minimum atomic E-state index is -3.39. The first-order valence-corrected chi connectivity index (χ1v) is 7.95. The van der Waals surface area contributed by atoms with Gasteiger partial charge in [-0.05, 0) is 25.2 Å². The zero-order valence-corrected chi connectivity index (χ0v) is 11.5. The third kappa shape index (κ3) is 3.43. The van der Waals surface area contributed by atoms with Crippen molar-refractivity contribution < 1.29 is 13.2 Å². The third-order valence-electron chi connectivity index (χ3n) is 3.66. The van der Waals surface area contributed by atoms with Gasteiger partial charge < -0.3 is 5.32 Å². The van der Waals surface area contributed by atoms with Gasteiger partial charge in [-0.2, -0.15) is 17.4 Å². The van der Waals surface area contributed by atoms with E-state index in [4.69, 9.17) is 0 Å². The van der Waals surface area contributed by atoms with E-state index < -0.39 is 10.2 Å². The summed E-state index contributed by atoms with van der Waals surface area (Å²) in [6, 6.07) is -0.174. The minimum Gasteiger partial charge on any atom is -0.355 e. The molecule has 2 rings (SSSR count). The summed E-state index contributed by atoms with van der Waals surface area (Å²) < 4.78 is 28.5. The summed E-state index contributed by atoms with van der Waals surface area (Å²) in [6.07, 6.45) is 2.81. The highest BCUT2D eigenvalue weighted by atomic mass is 32.2. The quantitative estimate of drug-likeness (QED) is 0.750. The van der Waals surface area contributed by atoms with E-state index in [1.54, 1.807) is 0 Å². The van der Waals surface area contributed by atoms with Gasteiger partial charge in [-0.1, -0.05) is 6.92 Å². The molecule has 2 fully saturated rings. The van der Waals surface area contributed by atoms with E-state index in [9.17, 15) is 13.2 Å². The molecule has 7 heteroatoms. The van der Waals surface area contributed by atoms with Gasteiger partial charge in [-0.25, -0.2) is 0 Å². The molecule has 2 N–H and O–H groups in total. The number of hydrogen-bond donors (Lipinski definition) is 2. The van der Waals surface area contributed by atoms with E-state index in [-0.39, 0.29) is 11.9 Å². The van der Waals surface area contributed by atoms with E-state index in [1.165, 1.54) is 4.31 Å². The zero-order valence-electron chi connectivity index (χ0n) is 10.7. The standard InChI is InChI=1S/C11H21N3O3S/c1-9-4-6-14(7-5-9)18(16,17)13-10-2-3-11(15)12-8-10/h9-10,13H,2-8H2,1H3,(H,12,15). The zero-order chi connectivity index (χ0) is 13.2. The van der Waals surface area contributed by atoms with Gasteiger partial charge in [0.2, 0.25) is 5.91 Å². The van der Waals surface area contributed by atoms with Crippen molar-refractivity contribution in [1.29, 1.82) is 0 Å². The molecule has 6 nitrogen and oxygen atoms in total. The molecule has 0 aliphatic carbocycles. The largest absolute Gasteiger partial charge is 0.355 e. The molecule has 0 aromatic carbocycles. The Morgan fingerprint density at radius 3 is 2.50 bits per heavy atom. The molecule has 1 unspecified atom stereocenters. The minimum absolute atomic E-state index is 0.00255. The first-order valence-electron chi connectivity index (χ1n) is 6.51. The van der Waals surface area contributed by atoms with Crippen molar-refractivity contribution in [2.24, 2.45) is 5.92 Å². The van der Waals surface area contributed by atoms with E-state index in [1.807, 2.05) is 0 Å². The van der Waals surface area contributed by atoms with Crippen LogP contribution in [0.1, 0.15) is 32.6 Å². The molecule has 0 aromatic heterocycles. The fourth-order valence-corrected chi connectivity index (χ4v) is 3.81. The van der Waals surface area contributed by atoms with Gasteiger partial charge in [0, 0.05) is 32.1 Å². The number of nitrogens with zero attached hydrogens (tertiary/aromatic N) is 1. The molecule has 2 saturated heterocycles. The molecule has 0 aromatic rings. The molecule has 0 spiro atoms. The van der Waals surface area contributed by atoms with Crippen molar-refractivity contribution in [3.05, 3.63) is 0 Å². The Labute approximate surface area is 108 Å². The molecule has 0 radical (unpaired) electrons. The molecular formula is C11H21N3O3S. The van der Waals surface area contributed by atoms with Crippen molar-refractivity contribution in [2.45, 2.75) is 38.6 Å². The lowest BCUT2D eigenvalue weighted by Crippen LogP contribution is -2.53. The summed E-state index contributed by atoms with van der Waals surface area (Å²) >= 11 is 0. The van der Waals surface area contributed by atoms with Gasteiger partial charge in [-0.15, -0.1) is 0 Å². The molecule has 2 heterocycles. The molecule has 2 aliphatic rings. The SMILES string of the molecule is CC1CCN(S(=O)(=O)NC2CCC(=O)NC2)CC1. The van der Waals surface area contributed by atoms with E-state index in [0.717, 1.165) is 12.8 Å². The summed E-state index contributed by atoms with van der Waals surface area (Å²) in [5.41, 5.74) is 0. The van der Waals surface area contributed by atoms with Gasteiger partial charge in [0.25, 0.3) is 10.2 Å². The number of amides is 1. The van der Waals surface area contributed by atoms with Crippen molar-refractivity contribution >= 4 is 16.1 Å². The lowest BCUT2D eigenvalue weighted by Gasteiger charge is -2.32. The number of nitrogens with one attached hydrogen (secondary N) is 2. The van der Waals surface area contributed by atoms with Gasteiger partial charge >= 0.3 is 0 Å². The van der Waals surface area contributed by atoms with Crippen LogP contribution in [0.15, 0.2) is 0 Å². The maximum atomic E-state index is 12.1. The fraction of sp³-hybridized carbons (Fsp3) is 0.909. The summed E-state index contributed by atoms with van der Waals surface area (Å²) in [4.78, 5) is 11.0. The van der Waals surface area contributed by atoms with E-state index in [0.29, 0.717) is 38.4 Å². The van der Waals surface area contributed by atoms with Crippen LogP contribution in [0.2, 0.25) is 0 Å². The van der Waals surface area contributed by atoms with Crippen molar-refractivity contribution in [3.8, 4) is 0 Å². The molecule has 0 bridgehead atoms. The number of hydrogen-bond acceptors (Lipinski definition) is 3. The average molecular weight is 275 g/mol. The van der Waals surface area contributed by atoms with Gasteiger partial charge in [0.15, 0.2) is 0 Å². The smallest absolute Gasteiger partial charge is 0.279 e. The Morgan fingerprint density at radius 2 is 1.94 bits per heavy atom. The van der Waals surface area contributed by atoms with Crippen molar-refractivity contribution in [2.75, 3.05) is 19.6 Å². The maximum Gasteiger partial charge on any atom is 0.279 e. The molecule has 2 aliphatic heterocycles. The number of piperidine rings is 2. The monoisotopic (exact) mass is 275 g/mol. The van der Waals surface area contributed by atoms with Crippen LogP contribution < -0.4 is 10.0 Å². The number of rotatable bonds is 3. The van der Waals surface area contributed by atoms with Gasteiger partial charge in [-0.3, -0.25) is 4.79 Å². The van der Waals surface area contributed by atoms with E-state index in [2.05, 4.69) is 17.0 Å². The Hall–Kier alpha value is -0.660. The van der Waals surface area contributed by atoms with Crippen LogP contribution in [0.3, 0.4) is 0 Å². The lowest BCUT2D eigenvalue weighted by molar-refractivity contribution is -0.122. The van der Waals surface area contributed by atoms with Gasteiger partial charge in [0.05, 0.1) is 0 Å². The maximum absolute atomic E-state index is 12.1. The van der Waals surface area contributed by atoms with Crippen LogP contribution in [0.5, 0.6) is 0 Å². The highest BCUT2D eigenvalue weighted by Crippen LogP contribution is 2.18. The Balaban J connectivity index is 1.89. The molecule has 0 saturated carbocycles. The predicted molar refractivity (Wildman–Crippen MR) is 68.1 cm³/mol. The van der Waals surface area contributed by atoms with E-state index >= 15 is 0 Å². The Kier molecular flexibility index (Phi) is 4.24. The van der Waals surface area contributed by atoms with Crippen LogP contribution in [0.4, 0.5) is 0 Å². The van der Waals surface area contributed by atoms with Crippen molar-refractivity contribution in [3.63, 3.8) is 0 Å². The van der Waals surface area contributed by atoms with Crippen LogP contribution in [0.25, 0.3) is 0 Å². The average Bonchev–Trinajstić information content (AvgIpc) is 2.32. The summed E-state index contributed by atoms with van der Waals surface area (Å²) in [6.45, 7) is 3.72. The second-order valence-corrected chi connectivity index (χ2v) is 6.95. The van der Waals surface area contributed by atoms with Gasteiger partial charge in [0.1, 0.15) is 0 Å². The van der Waals surface area contributed by atoms with Crippen LogP contribution in [-0.4, -0.2) is 44.3 Å². The summed E-state index contributed by atoms with van der Waals surface area (Å²) in [5.74, 6) is 0.600. The normalized spacial score (nSPS) is 28.1. The predicted octanol–water partition coefficient (Wildman–Crippen LogP) is -0.169. The van der Waals surface area contributed by atoms with Crippen LogP contribution in [0, 0.1) is 5.92 Å². The molecular weight excluding hydrogens is 254 g/mol. The number of carbonyl (C=O) groups is 1. The fourth-order valence-electron chi connectivity index (χ4n) is 2.34. The Morgan fingerprint density at radius 1 is 1.28 bits per heavy atom. The second kappa shape index (κ2) is 5.54. The van der Waals surface area contributed by atoms with Crippen molar-refractivity contribution in [1.82, 2.24) is 14.3 Å². The molecule has 104 valence electrons. The first-order chi connectivity index (χ1) is 8.47. The first kappa shape index (κ1) is 13.8. The highest BCUT2D eigenvalue weighted by Gasteiger charge is 2.29. The molecule has 1 amide bonds. The summed E-state index contributed by atoms with van der Waals surface area (Å²) in [7, 11) is -3.39. The summed E-state index contributed by atoms with van der Waals surface area (Å²) in [5, 5.41) is 2.68.